The molecule has 1 aromatic carbocycles. The number of nitrogens with zero attached hydrogens (tertiary/aromatic N) is 1. The van der Waals surface area contributed by atoms with Gasteiger partial charge < -0.3 is 10.0 Å². The number of rotatable bonds is 1. The zero-order valence-electron chi connectivity index (χ0n) is 9.01. The van der Waals surface area contributed by atoms with Crippen LogP contribution in [0.3, 0.4) is 0 Å². The van der Waals surface area contributed by atoms with E-state index >= 15 is 0 Å². The van der Waals surface area contributed by atoms with Crippen molar-refractivity contribution in [1.29, 1.82) is 0 Å². The summed E-state index contributed by atoms with van der Waals surface area (Å²) in [5.41, 5.74) is -0.833. The van der Waals surface area contributed by atoms with Gasteiger partial charge in [-0.3, -0.25) is 4.79 Å². The molecule has 0 bridgehead atoms. The van der Waals surface area contributed by atoms with Gasteiger partial charge in [-0.25, -0.2) is 8.78 Å². The van der Waals surface area contributed by atoms with Crippen molar-refractivity contribution in [2.45, 2.75) is 12.5 Å². The number of β-amino-alcohol motifs (C(OH)–C–C–N with tert-alkyl or cyclic N) is 1. The predicted molar refractivity (Wildman–Crippen MR) is 60.6 cm³/mol. The van der Waals surface area contributed by atoms with Gasteiger partial charge in [0, 0.05) is 4.47 Å². The Balaban J connectivity index is 2.24. The van der Waals surface area contributed by atoms with Crippen molar-refractivity contribution in [3.8, 4) is 0 Å². The van der Waals surface area contributed by atoms with Crippen LogP contribution in [-0.2, 0) is 0 Å². The Hall–Kier alpha value is -1.01. The van der Waals surface area contributed by atoms with Gasteiger partial charge in [0.15, 0.2) is 11.6 Å². The number of carbonyl (C=O) groups excluding carboxylic acids is 1. The van der Waals surface area contributed by atoms with Gasteiger partial charge in [0.1, 0.15) is 0 Å². The highest BCUT2D eigenvalue weighted by Crippen LogP contribution is 2.26. The third-order valence-corrected chi connectivity index (χ3v) is 3.25. The second-order valence-electron chi connectivity index (χ2n) is 4.40. The molecule has 6 heteroatoms. The number of hydrogen-bond acceptors (Lipinski definition) is 2. The first-order chi connectivity index (χ1) is 7.80. The molecular weight excluding hydrogens is 296 g/mol. The Kier molecular flexibility index (Phi) is 2.95. The minimum atomic E-state index is -1.07. The van der Waals surface area contributed by atoms with Crippen molar-refractivity contribution >= 4 is 21.8 Å². The van der Waals surface area contributed by atoms with E-state index < -0.39 is 23.1 Å². The summed E-state index contributed by atoms with van der Waals surface area (Å²) in [6, 6.07) is 1.77. The number of aliphatic hydroxyl groups is 1. The quantitative estimate of drug-likeness (QED) is 0.806. The first-order valence-corrected chi connectivity index (χ1v) is 5.76. The fraction of sp³-hybridized carbons (Fsp3) is 0.364. The molecule has 1 N–H and O–H groups in total. The maximum absolute atomic E-state index is 13.0. The molecule has 0 aliphatic carbocycles. The summed E-state index contributed by atoms with van der Waals surface area (Å²) >= 11 is 3.02. The summed E-state index contributed by atoms with van der Waals surface area (Å²) < 4.78 is 26.1. The lowest BCUT2D eigenvalue weighted by atomic mass is 9.96. The largest absolute Gasteiger partial charge is 0.386 e. The Morgan fingerprint density at radius 1 is 1.41 bits per heavy atom. The zero-order valence-corrected chi connectivity index (χ0v) is 10.6. The fourth-order valence-electron chi connectivity index (χ4n) is 1.78. The first-order valence-electron chi connectivity index (χ1n) is 4.96. The van der Waals surface area contributed by atoms with Crippen molar-refractivity contribution in [2.24, 2.45) is 0 Å². The van der Waals surface area contributed by atoms with Gasteiger partial charge in [0.05, 0.1) is 24.3 Å². The van der Waals surface area contributed by atoms with Gasteiger partial charge >= 0.3 is 0 Å². The molecule has 1 fully saturated rings. The highest BCUT2D eigenvalue weighted by molar-refractivity contribution is 9.10. The average Bonchev–Trinajstić information content (AvgIpc) is 2.19. The molecule has 0 radical (unpaired) electrons. The predicted octanol–water partition coefficient (Wildman–Crippen LogP) is 1.93. The Morgan fingerprint density at radius 2 is 1.94 bits per heavy atom. The molecule has 17 heavy (non-hydrogen) atoms. The van der Waals surface area contributed by atoms with Gasteiger partial charge in [-0.15, -0.1) is 0 Å². The first kappa shape index (κ1) is 12.4. The van der Waals surface area contributed by atoms with Crippen molar-refractivity contribution < 1.29 is 18.7 Å². The van der Waals surface area contributed by atoms with Crippen molar-refractivity contribution in [1.82, 2.24) is 4.90 Å². The Bertz CT molecular complexity index is 483. The molecule has 2 rings (SSSR count). The van der Waals surface area contributed by atoms with E-state index in [9.17, 15) is 18.7 Å². The standard InChI is InChI=1S/C11H10BrF2NO2/c1-11(17)4-15(5-11)10(16)6-2-8(13)9(14)3-7(6)12/h2-3,17H,4-5H2,1H3. The third kappa shape index (κ3) is 2.32. The van der Waals surface area contributed by atoms with Crippen LogP contribution in [0.2, 0.25) is 0 Å². The molecule has 0 atom stereocenters. The van der Waals surface area contributed by atoms with E-state index in [1.165, 1.54) is 4.90 Å². The molecule has 92 valence electrons. The second-order valence-corrected chi connectivity index (χ2v) is 5.26. The second kappa shape index (κ2) is 4.03. The summed E-state index contributed by atoms with van der Waals surface area (Å²) in [7, 11) is 0. The van der Waals surface area contributed by atoms with Crippen LogP contribution in [0.25, 0.3) is 0 Å². The van der Waals surface area contributed by atoms with Crippen LogP contribution in [0, 0.1) is 11.6 Å². The minimum Gasteiger partial charge on any atom is -0.386 e. The lowest BCUT2D eigenvalue weighted by Crippen LogP contribution is -2.61. The van der Waals surface area contributed by atoms with Crippen LogP contribution in [0.15, 0.2) is 16.6 Å². The molecule has 1 saturated heterocycles. The lowest BCUT2D eigenvalue weighted by molar-refractivity contribution is -0.0669. The van der Waals surface area contributed by atoms with E-state index in [0.717, 1.165) is 12.1 Å². The number of amides is 1. The number of carbonyl (C=O) groups is 1. The molecule has 1 heterocycles. The lowest BCUT2D eigenvalue weighted by Gasteiger charge is -2.44. The summed E-state index contributed by atoms with van der Waals surface area (Å²) in [6.07, 6.45) is 0. The van der Waals surface area contributed by atoms with Crippen LogP contribution >= 0.6 is 15.9 Å². The van der Waals surface area contributed by atoms with E-state index in [-0.39, 0.29) is 23.1 Å². The summed E-state index contributed by atoms with van der Waals surface area (Å²) in [5.74, 6) is -2.50. The molecule has 0 spiro atoms. The minimum absolute atomic E-state index is 0.0550. The molecule has 0 saturated carbocycles. The molecular formula is C11H10BrF2NO2. The van der Waals surface area contributed by atoms with Gasteiger partial charge in [-0.05, 0) is 35.0 Å². The SMILES string of the molecule is CC1(O)CN(C(=O)c2cc(F)c(F)cc2Br)C1. The van der Waals surface area contributed by atoms with E-state index in [1.807, 2.05) is 0 Å². The highest BCUT2D eigenvalue weighted by atomic mass is 79.9. The van der Waals surface area contributed by atoms with E-state index in [2.05, 4.69) is 15.9 Å². The number of benzene rings is 1. The number of likely N-dealkylation sites (tertiary alicyclic amines) is 1. The highest BCUT2D eigenvalue weighted by Gasteiger charge is 2.40. The molecule has 1 amide bonds. The molecule has 1 aliphatic rings. The van der Waals surface area contributed by atoms with Crippen LogP contribution in [0.1, 0.15) is 17.3 Å². The normalized spacial score (nSPS) is 17.8. The summed E-state index contributed by atoms with van der Waals surface area (Å²) in [4.78, 5) is 13.3. The van der Waals surface area contributed by atoms with Gasteiger partial charge in [-0.1, -0.05) is 0 Å². The van der Waals surface area contributed by atoms with Gasteiger partial charge in [0.2, 0.25) is 0 Å². The fourth-order valence-corrected chi connectivity index (χ4v) is 2.26. The topological polar surface area (TPSA) is 40.5 Å². The number of halogens is 3. The molecule has 1 aliphatic heterocycles. The Morgan fingerprint density at radius 3 is 2.47 bits per heavy atom. The van der Waals surface area contributed by atoms with Crippen molar-refractivity contribution in [2.75, 3.05) is 13.1 Å². The monoisotopic (exact) mass is 305 g/mol. The molecule has 1 aromatic rings. The zero-order chi connectivity index (χ0) is 12.8. The maximum atomic E-state index is 13.0. The van der Waals surface area contributed by atoms with E-state index in [4.69, 9.17) is 0 Å². The number of hydrogen-bond donors (Lipinski definition) is 1. The van der Waals surface area contributed by atoms with Gasteiger partial charge in [0.25, 0.3) is 5.91 Å². The van der Waals surface area contributed by atoms with Crippen LogP contribution in [0.5, 0.6) is 0 Å². The van der Waals surface area contributed by atoms with E-state index in [0.29, 0.717) is 0 Å². The molecule has 0 unspecified atom stereocenters. The summed E-state index contributed by atoms with van der Waals surface area (Å²) in [6.45, 7) is 1.99. The maximum Gasteiger partial charge on any atom is 0.255 e. The smallest absolute Gasteiger partial charge is 0.255 e. The van der Waals surface area contributed by atoms with Crippen LogP contribution < -0.4 is 0 Å². The van der Waals surface area contributed by atoms with Crippen LogP contribution in [0.4, 0.5) is 8.78 Å². The van der Waals surface area contributed by atoms with E-state index in [1.54, 1.807) is 6.92 Å². The molecule has 3 nitrogen and oxygen atoms in total. The Labute approximate surface area is 105 Å². The molecule has 0 aromatic heterocycles. The van der Waals surface area contributed by atoms with Crippen LogP contribution in [-0.4, -0.2) is 34.6 Å². The third-order valence-electron chi connectivity index (χ3n) is 2.59. The van der Waals surface area contributed by atoms with Crippen molar-refractivity contribution in [3.05, 3.63) is 33.8 Å². The average molecular weight is 306 g/mol. The van der Waals surface area contributed by atoms with Gasteiger partial charge in [-0.2, -0.15) is 0 Å². The van der Waals surface area contributed by atoms with Crippen molar-refractivity contribution in [3.63, 3.8) is 0 Å². The summed E-state index contributed by atoms with van der Waals surface area (Å²) in [5, 5.41) is 9.51.